The van der Waals surface area contributed by atoms with E-state index in [9.17, 15) is 19.5 Å². The number of ketones is 1. The van der Waals surface area contributed by atoms with Crippen LogP contribution in [0.15, 0.2) is 61.3 Å². The molecule has 1 aromatic heterocycles. The molecule has 0 saturated carbocycles. The number of aromatic hydroxyl groups is 1. The van der Waals surface area contributed by atoms with Gasteiger partial charge < -0.3 is 26.0 Å². The van der Waals surface area contributed by atoms with E-state index in [1.54, 1.807) is 44.2 Å². The fourth-order valence-electron chi connectivity index (χ4n) is 3.23. The van der Waals surface area contributed by atoms with E-state index < -0.39 is 17.6 Å². The maximum atomic E-state index is 12.9. The van der Waals surface area contributed by atoms with Crippen molar-refractivity contribution in [3.05, 3.63) is 71.9 Å². The van der Waals surface area contributed by atoms with Crippen LogP contribution < -0.4 is 16.0 Å². The Morgan fingerprint density at radius 1 is 1.08 bits per heavy atom. The lowest BCUT2D eigenvalue weighted by atomic mass is 10.1. The zero-order chi connectivity index (χ0) is 26.2. The highest BCUT2D eigenvalue weighted by Gasteiger charge is 2.24. The minimum atomic E-state index is -0.650. The summed E-state index contributed by atoms with van der Waals surface area (Å²) in [5, 5.41) is 18.6. The molecule has 10 nitrogen and oxygen atoms in total. The first-order valence-electron chi connectivity index (χ1n) is 11.0. The van der Waals surface area contributed by atoms with Crippen LogP contribution in [0.25, 0.3) is 0 Å². The lowest BCUT2D eigenvalue weighted by molar-refractivity contribution is -0.126. The first-order chi connectivity index (χ1) is 17.3. The number of benzene rings is 2. The normalized spacial score (nSPS) is 10.3. The van der Waals surface area contributed by atoms with Crippen molar-refractivity contribution in [2.75, 3.05) is 29.0 Å². The molecule has 0 spiro atoms. The molecule has 0 saturated heterocycles. The van der Waals surface area contributed by atoms with Gasteiger partial charge >= 0.3 is 0 Å². The van der Waals surface area contributed by atoms with E-state index >= 15 is 0 Å². The van der Waals surface area contributed by atoms with Crippen molar-refractivity contribution in [1.82, 2.24) is 14.9 Å². The molecule has 0 radical (unpaired) electrons. The maximum Gasteiger partial charge on any atom is 0.295 e. The second kappa shape index (κ2) is 11.8. The minimum absolute atomic E-state index is 0.129. The summed E-state index contributed by atoms with van der Waals surface area (Å²) in [6.07, 6.45) is 2.45. The number of carbonyl (C=O) groups excluding carboxylic acids is 3. The van der Waals surface area contributed by atoms with E-state index in [1.165, 1.54) is 23.2 Å². The topological polar surface area (TPSA) is 137 Å². The molecule has 0 aliphatic heterocycles. The number of nitrogens with one attached hydrogen (secondary N) is 3. The predicted octanol–water partition coefficient (Wildman–Crippen LogP) is 4.50. The number of phenols is 1. The number of hydrogen-bond acceptors (Lipinski definition) is 8. The van der Waals surface area contributed by atoms with E-state index in [1.807, 2.05) is 0 Å². The molecule has 0 aliphatic carbocycles. The Balaban J connectivity index is 1.86. The Bertz CT molecular complexity index is 1310. The van der Waals surface area contributed by atoms with E-state index in [-0.39, 0.29) is 33.8 Å². The van der Waals surface area contributed by atoms with Crippen LogP contribution in [0.3, 0.4) is 0 Å². The van der Waals surface area contributed by atoms with Crippen molar-refractivity contribution in [3.63, 3.8) is 0 Å². The third-order valence-corrected chi connectivity index (χ3v) is 5.39. The van der Waals surface area contributed by atoms with Gasteiger partial charge in [-0.25, -0.2) is 4.98 Å². The molecular weight excluding hydrogens is 484 g/mol. The van der Waals surface area contributed by atoms with Crippen LogP contribution in [-0.2, 0) is 9.59 Å². The molecule has 0 fully saturated rings. The third-order valence-electron chi connectivity index (χ3n) is 5.11. The van der Waals surface area contributed by atoms with Crippen LogP contribution in [0.4, 0.5) is 28.8 Å². The molecule has 36 heavy (non-hydrogen) atoms. The second-order valence-corrected chi connectivity index (χ2v) is 7.82. The Kier molecular flexibility index (Phi) is 8.58. The zero-order valence-electron chi connectivity index (χ0n) is 19.7. The Morgan fingerprint density at radius 2 is 1.81 bits per heavy atom. The Hall–Kier alpha value is -4.44. The molecule has 11 heteroatoms. The Morgan fingerprint density at radius 3 is 2.50 bits per heavy atom. The van der Waals surface area contributed by atoms with Crippen molar-refractivity contribution in [2.24, 2.45) is 0 Å². The lowest BCUT2D eigenvalue weighted by Gasteiger charge is -2.19. The number of rotatable bonds is 10. The number of phenolic OH excluding ortho intramolecular Hbond substituents is 1. The van der Waals surface area contributed by atoms with Gasteiger partial charge in [-0.15, -0.1) is 0 Å². The van der Waals surface area contributed by atoms with Crippen LogP contribution in [0.1, 0.15) is 24.2 Å². The van der Waals surface area contributed by atoms with E-state index in [0.29, 0.717) is 24.5 Å². The number of likely N-dealkylation sites (N-methyl/N-ethyl adjacent to an activating group) is 1. The molecule has 0 aliphatic rings. The summed E-state index contributed by atoms with van der Waals surface area (Å²) < 4.78 is 0. The number of para-hydroxylation sites is 1. The molecule has 3 rings (SSSR count). The summed E-state index contributed by atoms with van der Waals surface area (Å²) in [4.78, 5) is 47.1. The molecule has 4 N–H and O–H groups in total. The number of aromatic nitrogens is 2. The highest BCUT2D eigenvalue weighted by Crippen LogP contribution is 2.30. The average molecular weight is 509 g/mol. The second-order valence-electron chi connectivity index (χ2n) is 7.42. The largest absolute Gasteiger partial charge is 0.506 e. The molecule has 0 atom stereocenters. The van der Waals surface area contributed by atoms with Gasteiger partial charge in [0.05, 0.1) is 23.1 Å². The summed E-state index contributed by atoms with van der Waals surface area (Å²) in [5.74, 6) is -1.51. The number of carbonyl (C=O) groups is 3. The van der Waals surface area contributed by atoms with Crippen molar-refractivity contribution in [3.8, 4) is 5.75 Å². The summed E-state index contributed by atoms with van der Waals surface area (Å²) >= 11 is 6.29. The van der Waals surface area contributed by atoms with Crippen LogP contribution in [0.2, 0.25) is 5.02 Å². The van der Waals surface area contributed by atoms with Crippen molar-refractivity contribution < 1.29 is 19.5 Å². The number of amides is 2. The van der Waals surface area contributed by atoms with Crippen molar-refractivity contribution in [2.45, 2.75) is 13.8 Å². The maximum absolute atomic E-state index is 12.9. The van der Waals surface area contributed by atoms with E-state index in [4.69, 9.17) is 11.6 Å². The number of anilines is 5. The van der Waals surface area contributed by atoms with Gasteiger partial charge in [-0.3, -0.25) is 14.4 Å². The van der Waals surface area contributed by atoms with Crippen molar-refractivity contribution >= 4 is 58.0 Å². The molecule has 3 aromatic rings. The van der Waals surface area contributed by atoms with E-state index in [2.05, 4.69) is 32.5 Å². The minimum Gasteiger partial charge on any atom is -0.506 e. The number of halogens is 1. The molecule has 2 amide bonds. The first-order valence-corrected chi connectivity index (χ1v) is 11.4. The van der Waals surface area contributed by atoms with Crippen LogP contribution >= 0.6 is 11.6 Å². The zero-order valence-corrected chi connectivity index (χ0v) is 20.5. The van der Waals surface area contributed by atoms with Gasteiger partial charge in [-0.1, -0.05) is 30.3 Å². The van der Waals surface area contributed by atoms with Crippen LogP contribution in [-0.4, -0.2) is 50.7 Å². The highest BCUT2D eigenvalue weighted by atomic mass is 35.5. The fraction of sp³-hybridized carbons (Fsp3) is 0.160. The smallest absolute Gasteiger partial charge is 0.295 e. The third kappa shape index (κ3) is 6.16. The van der Waals surface area contributed by atoms with Crippen LogP contribution in [0, 0.1) is 0 Å². The van der Waals surface area contributed by atoms with Gasteiger partial charge in [0, 0.05) is 18.8 Å². The number of hydrogen-bond donors (Lipinski definition) is 4. The van der Waals surface area contributed by atoms with Gasteiger partial charge in [0.15, 0.2) is 5.82 Å². The van der Waals surface area contributed by atoms with Crippen LogP contribution in [0.5, 0.6) is 5.75 Å². The molecular formula is C25H25ClN6O4. The average Bonchev–Trinajstić information content (AvgIpc) is 2.88. The molecule has 1 heterocycles. The first kappa shape index (κ1) is 26.2. The standard InChI is InChI=1S/C25H25ClN6O4/c1-4-21(34)29-19-13-15(11-12-20(19)33)28-25-27-14-17(26)23(31-25)30-18-10-8-7-9-16(18)22(35)24(36)32(5-2)6-3/h4,7-14,33H,1,5-6H2,2-3H3,(H,29,34)(H2,27,28,30,31). The molecule has 186 valence electrons. The van der Waals surface area contributed by atoms with Crippen molar-refractivity contribution in [1.29, 1.82) is 0 Å². The Labute approximate surface area is 213 Å². The van der Waals surface area contributed by atoms with E-state index in [0.717, 1.165) is 6.08 Å². The predicted molar refractivity (Wildman–Crippen MR) is 139 cm³/mol. The summed E-state index contributed by atoms with van der Waals surface area (Å²) in [6, 6.07) is 11.0. The van der Waals surface area contributed by atoms with Gasteiger partial charge in [0.2, 0.25) is 11.9 Å². The molecule has 0 bridgehead atoms. The SMILES string of the molecule is C=CC(=O)Nc1cc(Nc2ncc(Cl)c(Nc3ccccc3C(=O)C(=O)N(CC)CC)n2)ccc1O. The fourth-order valence-corrected chi connectivity index (χ4v) is 3.37. The monoisotopic (exact) mass is 508 g/mol. The quantitative estimate of drug-likeness (QED) is 0.103. The number of Topliss-reactive ketones (excluding diaryl/α,β-unsaturated/α-hetero) is 1. The highest BCUT2D eigenvalue weighted by molar-refractivity contribution is 6.44. The summed E-state index contributed by atoms with van der Waals surface area (Å²) in [5.41, 5.74) is 1.18. The van der Waals surface area contributed by atoms with Gasteiger partial charge in [0.1, 0.15) is 10.8 Å². The van der Waals surface area contributed by atoms with Gasteiger partial charge in [-0.2, -0.15) is 4.98 Å². The van der Waals surface area contributed by atoms with Gasteiger partial charge in [0.25, 0.3) is 11.7 Å². The van der Waals surface area contributed by atoms with Gasteiger partial charge in [-0.05, 0) is 50.3 Å². The summed E-state index contributed by atoms with van der Waals surface area (Å²) in [6.45, 7) is 7.82. The molecule has 2 aromatic carbocycles. The lowest BCUT2D eigenvalue weighted by Crippen LogP contribution is -2.36. The number of nitrogens with zero attached hydrogens (tertiary/aromatic N) is 3. The summed E-state index contributed by atoms with van der Waals surface area (Å²) in [7, 11) is 0. The molecule has 0 unspecified atom stereocenters.